The molecule has 1 aliphatic heterocycles. The average Bonchev–Trinajstić information content (AvgIpc) is 2.88. The Balaban J connectivity index is 2.52. The van der Waals surface area contributed by atoms with Gasteiger partial charge in [0, 0.05) is 45.4 Å². The molecular formula is C15H29NO6Si. The summed E-state index contributed by atoms with van der Waals surface area (Å²) in [5.74, 6) is -0.667. The highest BCUT2D eigenvalue weighted by Crippen LogP contribution is 2.22. The minimum Gasteiger partial charge on any atom is -0.469 e. The quantitative estimate of drug-likeness (QED) is 0.416. The largest absolute Gasteiger partial charge is 0.500 e. The molecule has 1 fully saturated rings. The molecule has 1 saturated heterocycles. The Labute approximate surface area is 139 Å². The van der Waals surface area contributed by atoms with E-state index >= 15 is 0 Å². The van der Waals surface area contributed by atoms with E-state index in [-0.39, 0.29) is 24.2 Å². The van der Waals surface area contributed by atoms with Gasteiger partial charge in [-0.25, -0.2) is 0 Å². The van der Waals surface area contributed by atoms with Crippen LogP contribution in [0.3, 0.4) is 0 Å². The van der Waals surface area contributed by atoms with Crippen LogP contribution in [-0.4, -0.2) is 65.6 Å². The lowest BCUT2D eigenvalue weighted by Gasteiger charge is -2.29. The van der Waals surface area contributed by atoms with Gasteiger partial charge in [0.1, 0.15) is 0 Å². The SMILES string of the molecule is CCO[Si](CCCN1CC(C(=O)OC)CC1=O)(OCC)OCC. The number of rotatable bonds is 11. The van der Waals surface area contributed by atoms with Gasteiger partial charge in [0.05, 0.1) is 13.0 Å². The van der Waals surface area contributed by atoms with Crippen LogP contribution in [0, 0.1) is 5.92 Å². The summed E-state index contributed by atoms with van der Waals surface area (Å²) in [6, 6.07) is 0.662. The zero-order valence-corrected chi connectivity index (χ0v) is 15.6. The molecule has 0 N–H and O–H groups in total. The lowest BCUT2D eigenvalue weighted by Crippen LogP contribution is -2.46. The lowest BCUT2D eigenvalue weighted by atomic mass is 10.1. The zero-order chi connectivity index (χ0) is 17.3. The Bertz CT molecular complexity index is 375. The third-order valence-corrected chi connectivity index (χ3v) is 6.90. The van der Waals surface area contributed by atoms with Crippen LogP contribution in [-0.2, 0) is 27.6 Å². The number of carbonyl (C=O) groups excluding carboxylic acids is 2. The highest BCUT2D eigenvalue weighted by Gasteiger charge is 2.41. The van der Waals surface area contributed by atoms with E-state index in [1.807, 2.05) is 20.8 Å². The summed E-state index contributed by atoms with van der Waals surface area (Å²) in [4.78, 5) is 25.2. The summed E-state index contributed by atoms with van der Waals surface area (Å²) < 4.78 is 22.1. The first-order chi connectivity index (χ1) is 11.0. The van der Waals surface area contributed by atoms with Crippen LogP contribution in [0.25, 0.3) is 0 Å². The molecule has 0 saturated carbocycles. The van der Waals surface area contributed by atoms with Crippen molar-refractivity contribution in [2.45, 2.75) is 39.7 Å². The first kappa shape index (κ1) is 20.1. The summed E-state index contributed by atoms with van der Waals surface area (Å²) in [7, 11) is -1.32. The van der Waals surface area contributed by atoms with E-state index in [1.54, 1.807) is 4.90 Å². The number of hydrogen-bond acceptors (Lipinski definition) is 6. The fraction of sp³-hybridized carbons (Fsp3) is 0.867. The van der Waals surface area contributed by atoms with Crippen LogP contribution >= 0.6 is 0 Å². The molecule has 7 nitrogen and oxygen atoms in total. The Morgan fingerprint density at radius 3 is 2.22 bits per heavy atom. The van der Waals surface area contributed by atoms with Crippen molar-refractivity contribution in [3.63, 3.8) is 0 Å². The van der Waals surface area contributed by atoms with Gasteiger partial charge in [-0.05, 0) is 27.2 Å². The van der Waals surface area contributed by atoms with Crippen molar-refractivity contribution in [1.29, 1.82) is 0 Å². The molecule has 1 rings (SSSR count). The molecule has 0 aromatic heterocycles. The normalized spacial score (nSPS) is 18.5. The Morgan fingerprint density at radius 1 is 1.17 bits per heavy atom. The second-order valence-corrected chi connectivity index (χ2v) is 8.08. The van der Waals surface area contributed by atoms with Crippen LogP contribution in [0.1, 0.15) is 33.6 Å². The molecule has 0 aliphatic carbocycles. The minimum atomic E-state index is -2.66. The number of ether oxygens (including phenoxy) is 1. The number of nitrogens with zero attached hydrogens (tertiary/aromatic N) is 1. The van der Waals surface area contributed by atoms with Crippen molar-refractivity contribution >= 4 is 20.7 Å². The number of esters is 1. The first-order valence-electron chi connectivity index (χ1n) is 8.29. The lowest BCUT2D eigenvalue weighted by molar-refractivity contribution is -0.145. The molecule has 0 spiro atoms. The summed E-state index contributed by atoms with van der Waals surface area (Å²) >= 11 is 0. The van der Waals surface area contributed by atoms with Gasteiger partial charge < -0.3 is 22.9 Å². The van der Waals surface area contributed by atoms with Crippen molar-refractivity contribution in [2.75, 3.05) is 40.0 Å². The molecule has 8 heteroatoms. The molecule has 1 amide bonds. The highest BCUT2D eigenvalue weighted by molar-refractivity contribution is 6.60. The second kappa shape index (κ2) is 10.0. The molecule has 1 atom stereocenters. The van der Waals surface area contributed by atoms with Gasteiger partial charge >= 0.3 is 14.8 Å². The highest BCUT2D eigenvalue weighted by atomic mass is 28.4. The Kier molecular flexibility index (Phi) is 8.75. The van der Waals surface area contributed by atoms with E-state index in [9.17, 15) is 9.59 Å². The van der Waals surface area contributed by atoms with Crippen molar-refractivity contribution in [3.8, 4) is 0 Å². The molecule has 0 aromatic rings. The molecule has 1 unspecified atom stereocenters. The Morgan fingerprint density at radius 2 is 1.74 bits per heavy atom. The van der Waals surface area contributed by atoms with Gasteiger partial charge in [-0.2, -0.15) is 0 Å². The number of hydrogen-bond donors (Lipinski definition) is 0. The monoisotopic (exact) mass is 347 g/mol. The molecular weight excluding hydrogens is 318 g/mol. The van der Waals surface area contributed by atoms with Crippen molar-refractivity contribution in [1.82, 2.24) is 4.90 Å². The van der Waals surface area contributed by atoms with Gasteiger partial charge in [-0.3, -0.25) is 9.59 Å². The van der Waals surface area contributed by atoms with Crippen LogP contribution < -0.4 is 0 Å². The predicted octanol–water partition coefficient (Wildman–Crippen LogP) is 1.45. The smallest absolute Gasteiger partial charge is 0.469 e. The third kappa shape index (κ3) is 5.87. The van der Waals surface area contributed by atoms with Gasteiger partial charge in [-0.1, -0.05) is 0 Å². The maximum absolute atomic E-state index is 12.0. The van der Waals surface area contributed by atoms with Crippen LogP contribution in [0.2, 0.25) is 6.04 Å². The van der Waals surface area contributed by atoms with E-state index in [0.29, 0.717) is 39.0 Å². The van der Waals surface area contributed by atoms with E-state index in [0.717, 1.165) is 6.42 Å². The predicted molar refractivity (Wildman–Crippen MR) is 86.8 cm³/mol. The molecule has 0 radical (unpaired) electrons. The summed E-state index contributed by atoms with van der Waals surface area (Å²) in [6.07, 6.45) is 0.962. The molecule has 23 heavy (non-hydrogen) atoms. The first-order valence-corrected chi connectivity index (χ1v) is 10.2. The summed E-state index contributed by atoms with van der Waals surface area (Å²) in [5, 5.41) is 0. The Hall–Kier alpha value is -0.963. The molecule has 0 bridgehead atoms. The van der Waals surface area contributed by atoms with Gasteiger partial charge in [0.2, 0.25) is 5.91 Å². The van der Waals surface area contributed by atoms with Crippen LogP contribution in [0.15, 0.2) is 0 Å². The average molecular weight is 347 g/mol. The molecule has 1 heterocycles. The zero-order valence-electron chi connectivity index (χ0n) is 14.6. The van der Waals surface area contributed by atoms with Gasteiger partial charge in [0.25, 0.3) is 0 Å². The molecule has 1 aliphatic rings. The standard InChI is InChI=1S/C15H29NO6Si/c1-5-20-23(21-6-2,22-7-3)10-8-9-16-12-13(11-14(16)17)15(18)19-4/h13H,5-12H2,1-4H3. The third-order valence-electron chi connectivity index (χ3n) is 3.75. The van der Waals surface area contributed by atoms with Crippen molar-refractivity contribution in [2.24, 2.45) is 5.92 Å². The minimum absolute atomic E-state index is 0.00287. The van der Waals surface area contributed by atoms with E-state index < -0.39 is 8.80 Å². The fourth-order valence-electron chi connectivity index (χ4n) is 2.80. The maximum Gasteiger partial charge on any atom is 0.500 e. The maximum atomic E-state index is 12.0. The number of carbonyl (C=O) groups is 2. The van der Waals surface area contributed by atoms with E-state index in [2.05, 4.69) is 0 Å². The molecule has 134 valence electrons. The molecule has 0 aromatic carbocycles. The van der Waals surface area contributed by atoms with Crippen LogP contribution in [0.4, 0.5) is 0 Å². The topological polar surface area (TPSA) is 74.3 Å². The summed E-state index contributed by atoms with van der Waals surface area (Å²) in [6.45, 7) is 8.39. The number of amides is 1. The van der Waals surface area contributed by atoms with Crippen molar-refractivity contribution < 1.29 is 27.6 Å². The summed E-state index contributed by atoms with van der Waals surface area (Å²) in [5.41, 5.74) is 0. The van der Waals surface area contributed by atoms with Crippen molar-refractivity contribution in [3.05, 3.63) is 0 Å². The van der Waals surface area contributed by atoms with Crippen LogP contribution in [0.5, 0.6) is 0 Å². The second-order valence-electron chi connectivity index (χ2n) is 5.35. The van der Waals surface area contributed by atoms with E-state index in [4.69, 9.17) is 18.0 Å². The number of methoxy groups -OCH3 is 1. The van der Waals surface area contributed by atoms with Gasteiger partial charge in [0.15, 0.2) is 0 Å². The van der Waals surface area contributed by atoms with Gasteiger partial charge in [-0.15, -0.1) is 0 Å². The fourth-order valence-corrected chi connectivity index (χ4v) is 5.39. The number of likely N-dealkylation sites (tertiary alicyclic amines) is 1. The van der Waals surface area contributed by atoms with E-state index in [1.165, 1.54) is 7.11 Å².